The van der Waals surface area contributed by atoms with Gasteiger partial charge in [-0.1, -0.05) is 13.3 Å². The van der Waals surface area contributed by atoms with Crippen LogP contribution in [0.15, 0.2) is 16.6 Å². The van der Waals surface area contributed by atoms with Crippen molar-refractivity contribution < 1.29 is 39.4 Å². The summed E-state index contributed by atoms with van der Waals surface area (Å²) in [7, 11) is 0. The van der Waals surface area contributed by atoms with Gasteiger partial charge in [-0.15, -0.1) is 0 Å². The third-order valence-corrected chi connectivity index (χ3v) is 14.0. The van der Waals surface area contributed by atoms with Gasteiger partial charge in [-0.3, -0.25) is 4.99 Å². The molecule has 4 saturated carbocycles. The van der Waals surface area contributed by atoms with Gasteiger partial charge in [0.05, 0.1) is 36.1 Å². The molecular formula is C36H56N2O8. The molecule has 4 aliphatic carbocycles. The number of hydrogen-bond donors (Lipinski definition) is 4. The topological polar surface area (TPSA) is 141 Å². The Kier molecular flexibility index (Phi) is 8.99. The number of carbonyl (C=O) groups excluding carboxylic acids is 1. The first-order valence-corrected chi connectivity index (χ1v) is 18.2. The first-order valence-electron chi connectivity index (χ1n) is 18.2. The van der Waals surface area contributed by atoms with Crippen LogP contribution in [0.2, 0.25) is 0 Å². The van der Waals surface area contributed by atoms with Crippen LogP contribution < -0.4 is 0 Å². The van der Waals surface area contributed by atoms with Crippen LogP contribution in [0.4, 0.5) is 0 Å². The van der Waals surface area contributed by atoms with Gasteiger partial charge < -0.3 is 39.5 Å². The summed E-state index contributed by atoms with van der Waals surface area (Å²) in [6.45, 7) is 8.19. The average molecular weight is 645 g/mol. The molecule has 7 aliphatic rings. The van der Waals surface area contributed by atoms with E-state index in [4.69, 9.17) is 19.2 Å². The van der Waals surface area contributed by atoms with E-state index >= 15 is 0 Å². The lowest BCUT2D eigenvalue weighted by Gasteiger charge is -2.66. The van der Waals surface area contributed by atoms with Crippen molar-refractivity contribution in [3.05, 3.63) is 11.6 Å². The maximum atomic E-state index is 12.8. The molecule has 10 nitrogen and oxygen atoms in total. The predicted molar refractivity (Wildman–Crippen MR) is 171 cm³/mol. The summed E-state index contributed by atoms with van der Waals surface area (Å²) in [4.78, 5) is 19.6. The fourth-order valence-corrected chi connectivity index (χ4v) is 11.4. The molecular weight excluding hydrogens is 588 g/mol. The molecule has 12 atom stereocenters. The highest BCUT2D eigenvalue weighted by molar-refractivity contribution is 5.85. The molecule has 0 unspecified atom stereocenters. The van der Waals surface area contributed by atoms with Crippen molar-refractivity contribution in [1.82, 2.24) is 4.90 Å². The maximum Gasteiger partial charge on any atom is 0.331 e. The van der Waals surface area contributed by atoms with Crippen LogP contribution in [0, 0.1) is 28.6 Å². The van der Waals surface area contributed by atoms with Crippen LogP contribution in [0.1, 0.15) is 97.3 Å². The summed E-state index contributed by atoms with van der Waals surface area (Å²) < 4.78 is 17.6. The fraction of sp³-hybridized carbons (Fsp3) is 0.889. The standard InChI is InChI=1S/C36H56N2O8/c1-23-32(41)29(39)19-31(45-23)46-25-6-11-34(22-37-14-17-38-15-4-3-5-16-38)27-7-10-33(2)26(24-18-30(40)44-21-24)9-13-36(33,43)28(27)8-12-35(34,42)20-25/h18,22-23,25-29,31-32,39,41-43H,3-17,19-21H2,1-2H3/t23-,25-,26+,27-,28+,29-,31+,32+,33+,34-,35-,36-/m0/s1. The zero-order valence-electron chi connectivity index (χ0n) is 27.8. The second kappa shape index (κ2) is 12.5. The molecule has 0 radical (unpaired) electrons. The number of fused-ring (bicyclic) bond motifs is 5. The van der Waals surface area contributed by atoms with Crippen LogP contribution >= 0.6 is 0 Å². The van der Waals surface area contributed by atoms with Crippen LogP contribution in [0.3, 0.4) is 0 Å². The van der Waals surface area contributed by atoms with E-state index in [9.17, 15) is 25.2 Å². The van der Waals surface area contributed by atoms with Gasteiger partial charge in [-0.2, -0.15) is 0 Å². The number of carbonyl (C=O) groups is 1. The number of nitrogens with zero attached hydrogens (tertiary/aromatic N) is 2. The molecule has 10 heteroatoms. The van der Waals surface area contributed by atoms with Gasteiger partial charge >= 0.3 is 5.97 Å². The SMILES string of the molecule is C[C@@H]1O[C@H](O[C@H]2CC[C@]3(C=NCCN4CCCCC4)[C@H]4CC[C@]5(C)[C@@H](C6=CC(=O)OC6)CC[C@]5(O)[C@@H]4CC[C@]3(O)C2)C[C@H](O)[C@@H]1O. The van der Waals surface area contributed by atoms with E-state index < -0.39 is 41.2 Å². The zero-order valence-corrected chi connectivity index (χ0v) is 27.8. The van der Waals surface area contributed by atoms with Crippen molar-refractivity contribution in [3.63, 3.8) is 0 Å². The minimum Gasteiger partial charge on any atom is -0.458 e. The largest absolute Gasteiger partial charge is 0.458 e. The van der Waals surface area contributed by atoms with Crippen LogP contribution in [0.25, 0.3) is 0 Å². The van der Waals surface area contributed by atoms with Crippen molar-refractivity contribution in [2.75, 3.05) is 32.8 Å². The van der Waals surface area contributed by atoms with E-state index in [0.29, 0.717) is 38.8 Å². The smallest absolute Gasteiger partial charge is 0.331 e. The maximum absolute atomic E-state index is 12.8. The van der Waals surface area contributed by atoms with Gasteiger partial charge in [-0.05, 0) is 108 Å². The Balaban J connectivity index is 1.14. The Morgan fingerprint density at radius 3 is 2.57 bits per heavy atom. The average Bonchev–Trinajstić information content (AvgIpc) is 3.58. The second-order valence-electron chi connectivity index (χ2n) is 16.1. The third kappa shape index (κ3) is 5.42. The molecule has 46 heavy (non-hydrogen) atoms. The molecule has 0 aromatic carbocycles. The van der Waals surface area contributed by atoms with Crippen molar-refractivity contribution >= 4 is 12.2 Å². The highest BCUT2D eigenvalue weighted by Gasteiger charge is 2.71. The molecule has 3 heterocycles. The number of piperidine rings is 1. The second-order valence-corrected chi connectivity index (χ2v) is 16.1. The van der Waals surface area contributed by atoms with E-state index in [-0.39, 0.29) is 41.7 Å². The van der Waals surface area contributed by atoms with E-state index in [2.05, 4.69) is 18.0 Å². The predicted octanol–water partition coefficient (Wildman–Crippen LogP) is 3.14. The molecule has 6 fully saturated rings. The summed E-state index contributed by atoms with van der Waals surface area (Å²) in [5, 5.41) is 46.0. The lowest BCUT2D eigenvalue weighted by Crippen LogP contribution is -2.69. The van der Waals surface area contributed by atoms with Gasteiger partial charge in [0.2, 0.25) is 0 Å². The Morgan fingerprint density at radius 1 is 1.04 bits per heavy atom. The molecule has 0 spiro atoms. The van der Waals surface area contributed by atoms with E-state index in [1.165, 1.54) is 19.3 Å². The molecule has 0 amide bonds. The van der Waals surface area contributed by atoms with Crippen molar-refractivity contribution in [2.45, 2.75) is 139 Å². The van der Waals surface area contributed by atoms with Crippen molar-refractivity contribution in [2.24, 2.45) is 33.6 Å². The normalized spacial score (nSPS) is 49.7. The molecule has 3 aliphatic heterocycles. The van der Waals surface area contributed by atoms with Gasteiger partial charge in [0, 0.05) is 42.5 Å². The van der Waals surface area contributed by atoms with Gasteiger partial charge in [0.1, 0.15) is 12.7 Å². The summed E-state index contributed by atoms with van der Waals surface area (Å²) in [6, 6.07) is 0. The van der Waals surface area contributed by atoms with Gasteiger partial charge in [0.25, 0.3) is 0 Å². The Morgan fingerprint density at radius 2 is 1.83 bits per heavy atom. The minimum atomic E-state index is -1.04. The number of aliphatic imine (C=N–C) groups is 1. The number of ether oxygens (including phenoxy) is 3. The van der Waals surface area contributed by atoms with Crippen LogP contribution in [-0.2, 0) is 19.0 Å². The van der Waals surface area contributed by atoms with E-state index in [1.807, 2.05) is 0 Å². The fourth-order valence-electron chi connectivity index (χ4n) is 11.4. The van der Waals surface area contributed by atoms with Gasteiger partial charge in [0.15, 0.2) is 6.29 Å². The number of likely N-dealkylation sites (tertiary alicyclic amines) is 1. The quantitative estimate of drug-likeness (QED) is 0.187. The summed E-state index contributed by atoms with van der Waals surface area (Å²) in [5.41, 5.74) is -1.83. The molecule has 0 aromatic rings. The zero-order chi connectivity index (χ0) is 32.3. The highest BCUT2D eigenvalue weighted by atomic mass is 16.7. The van der Waals surface area contributed by atoms with Crippen LogP contribution in [0.5, 0.6) is 0 Å². The number of esters is 1. The van der Waals surface area contributed by atoms with Crippen molar-refractivity contribution in [3.8, 4) is 0 Å². The highest BCUT2D eigenvalue weighted by Crippen LogP contribution is 2.70. The van der Waals surface area contributed by atoms with E-state index in [1.54, 1.807) is 13.0 Å². The number of cyclic esters (lactones) is 1. The number of aliphatic hydroxyl groups excluding tert-OH is 2. The third-order valence-electron chi connectivity index (χ3n) is 14.0. The molecule has 2 saturated heterocycles. The lowest BCUT2D eigenvalue weighted by molar-refractivity contribution is -0.282. The molecule has 0 bridgehead atoms. The minimum absolute atomic E-state index is 0.0281. The Labute approximate surface area is 273 Å². The number of hydrogen-bond acceptors (Lipinski definition) is 10. The van der Waals surface area contributed by atoms with E-state index in [0.717, 1.165) is 57.3 Å². The number of aliphatic hydroxyl groups is 4. The lowest BCUT2D eigenvalue weighted by atomic mass is 9.41. The Hall–Kier alpha value is -1.40. The molecule has 7 rings (SSSR count). The monoisotopic (exact) mass is 644 g/mol. The first-order chi connectivity index (χ1) is 22.0. The molecule has 4 N–H and O–H groups in total. The van der Waals surface area contributed by atoms with Crippen LogP contribution in [-0.4, -0.2) is 112 Å². The first kappa shape index (κ1) is 33.1. The summed E-state index contributed by atoms with van der Waals surface area (Å²) in [5.74, 6) is -0.0415. The number of rotatable bonds is 7. The summed E-state index contributed by atoms with van der Waals surface area (Å²) >= 11 is 0. The Bertz CT molecular complexity index is 1190. The molecule has 258 valence electrons. The summed E-state index contributed by atoms with van der Waals surface area (Å²) in [6.07, 6.45) is 11.0. The molecule has 0 aromatic heterocycles. The van der Waals surface area contributed by atoms with Crippen molar-refractivity contribution in [1.29, 1.82) is 0 Å². The van der Waals surface area contributed by atoms with Gasteiger partial charge in [-0.25, -0.2) is 4.79 Å².